The minimum Gasteiger partial charge on any atom is -0.247 e. The van der Waals surface area contributed by atoms with Gasteiger partial charge in [0.25, 0.3) is 11.6 Å². The van der Waals surface area contributed by atoms with E-state index in [2.05, 4.69) is 45.3 Å². The van der Waals surface area contributed by atoms with Crippen LogP contribution in [0.5, 0.6) is 0 Å². The van der Waals surface area contributed by atoms with E-state index in [-0.39, 0.29) is 0 Å². The fourth-order valence-electron chi connectivity index (χ4n) is 2.33. The van der Waals surface area contributed by atoms with Gasteiger partial charge < -0.3 is 0 Å². The first-order chi connectivity index (χ1) is 9.35. The molecule has 0 aliphatic carbocycles. The Morgan fingerprint density at radius 1 is 0.842 bits per heavy atom. The number of hydrogen-bond acceptors (Lipinski definition) is 0. The van der Waals surface area contributed by atoms with Crippen LogP contribution in [-0.2, 0) is 19.5 Å². The Hall–Kier alpha value is -1.58. The van der Waals surface area contributed by atoms with Crippen molar-refractivity contribution in [3.8, 4) is 0 Å². The lowest BCUT2D eigenvalue weighted by Gasteiger charge is -2.00. The molecule has 2 aromatic rings. The zero-order chi connectivity index (χ0) is 13.5. The third-order valence-electron chi connectivity index (χ3n) is 3.54. The van der Waals surface area contributed by atoms with Crippen molar-refractivity contribution in [1.82, 2.24) is 9.97 Å². The fraction of sp³-hybridized carbons (Fsp3) is 0.600. The van der Waals surface area contributed by atoms with E-state index in [1.165, 1.54) is 37.3 Å². The second-order valence-corrected chi connectivity index (χ2v) is 5.08. The first-order valence-corrected chi connectivity index (χ1v) is 7.46. The second kappa shape index (κ2) is 7.12. The average Bonchev–Trinajstić information content (AvgIpc) is 3.04. The highest BCUT2D eigenvalue weighted by molar-refractivity contribution is 4.90. The van der Waals surface area contributed by atoms with Gasteiger partial charge in [0.1, 0.15) is 24.8 Å². The van der Waals surface area contributed by atoms with E-state index in [9.17, 15) is 0 Å². The van der Waals surface area contributed by atoms with E-state index in [1.807, 2.05) is 12.4 Å². The van der Waals surface area contributed by atoms with Gasteiger partial charge in [0.2, 0.25) is 0 Å². The lowest BCUT2D eigenvalue weighted by atomic mass is 10.3. The zero-order valence-electron chi connectivity index (χ0n) is 12.2. The smallest absolute Gasteiger partial charge is 0.247 e. The van der Waals surface area contributed by atoms with Crippen molar-refractivity contribution in [2.24, 2.45) is 0 Å². The van der Waals surface area contributed by atoms with E-state index >= 15 is 0 Å². The molecule has 4 heteroatoms. The van der Waals surface area contributed by atoms with Crippen LogP contribution < -0.4 is 9.13 Å². The van der Waals surface area contributed by atoms with Crippen molar-refractivity contribution in [3.63, 3.8) is 0 Å². The van der Waals surface area contributed by atoms with Crippen LogP contribution in [0.15, 0.2) is 24.8 Å². The molecule has 19 heavy (non-hydrogen) atoms. The molecule has 0 saturated carbocycles. The summed E-state index contributed by atoms with van der Waals surface area (Å²) < 4.78 is 4.66. The Labute approximate surface area is 115 Å². The molecule has 0 fully saturated rings. The fourth-order valence-corrected chi connectivity index (χ4v) is 2.33. The van der Waals surface area contributed by atoms with Crippen molar-refractivity contribution < 1.29 is 9.13 Å². The minimum absolute atomic E-state index is 0.938. The maximum atomic E-state index is 3.37. The van der Waals surface area contributed by atoms with Crippen LogP contribution in [0, 0.1) is 0 Å². The average molecular weight is 262 g/mol. The molecule has 0 atom stereocenters. The van der Waals surface area contributed by atoms with E-state index in [0.717, 1.165) is 19.5 Å². The van der Waals surface area contributed by atoms with E-state index in [4.69, 9.17) is 0 Å². The number of aromatic amines is 2. The number of imidazole rings is 2. The van der Waals surface area contributed by atoms with Gasteiger partial charge in [-0.15, -0.1) is 0 Å². The lowest BCUT2D eigenvalue weighted by molar-refractivity contribution is -0.714. The van der Waals surface area contributed by atoms with Gasteiger partial charge in [0.15, 0.2) is 6.42 Å². The van der Waals surface area contributed by atoms with Gasteiger partial charge in [-0.1, -0.05) is 26.7 Å². The van der Waals surface area contributed by atoms with Crippen molar-refractivity contribution >= 4 is 0 Å². The van der Waals surface area contributed by atoms with Gasteiger partial charge in [-0.05, 0) is 12.8 Å². The predicted octanol–water partition coefficient (Wildman–Crippen LogP) is 2.11. The van der Waals surface area contributed by atoms with Gasteiger partial charge >= 0.3 is 0 Å². The number of nitrogens with zero attached hydrogens (tertiary/aromatic N) is 2. The summed E-state index contributed by atoms with van der Waals surface area (Å²) in [6, 6.07) is 0. The molecule has 0 saturated heterocycles. The topological polar surface area (TPSA) is 39.3 Å². The molecular weight excluding hydrogens is 236 g/mol. The molecule has 0 bridgehead atoms. The summed E-state index contributed by atoms with van der Waals surface area (Å²) in [4.78, 5) is 6.73. The summed E-state index contributed by atoms with van der Waals surface area (Å²) in [5, 5.41) is 0. The Balaban J connectivity index is 2.04. The summed E-state index contributed by atoms with van der Waals surface area (Å²) >= 11 is 0. The molecule has 2 heterocycles. The first-order valence-electron chi connectivity index (χ1n) is 7.46. The monoisotopic (exact) mass is 262 g/mol. The molecule has 0 radical (unpaired) electrons. The van der Waals surface area contributed by atoms with Crippen LogP contribution >= 0.6 is 0 Å². The van der Waals surface area contributed by atoms with E-state index in [0.29, 0.717) is 0 Å². The third kappa shape index (κ3) is 3.69. The summed E-state index contributed by atoms with van der Waals surface area (Å²) in [6.45, 7) is 6.67. The van der Waals surface area contributed by atoms with Crippen molar-refractivity contribution in [3.05, 3.63) is 36.4 Å². The molecule has 0 aliphatic rings. The van der Waals surface area contributed by atoms with Crippen LogP contribution in [0.25, 0.3) is 0 Å². The largest absolute Gasteiger partial charge is 0.266 e. The Kier molecular flexibility index (Phi) is 5.19. The molecule has 104 valence electrons. The molecule has 2 aromatic heterocycles. The Morgan fingerprint density at radius 3 is 1.74 bits per heavy atom. The van der Waals surface area contributed by atoms with Crippen LogP contribution in [-0.4, -0.2) is 9.97 Å². The predicted molar refractivity (Wildman–Crippen MR) is 74.6 cm³/mol. The first kappa shape index (κ1) is 13.8. The summed E-state index contributed by atoms with van der Waals surface area (Å²) in [5.41, 5.74) is 0. The van der Waals surface area contributed by atoms with Crippen molar-refractivity contribution in [1.29, 1.82) is 0 Å². The summed E-state index contributed by atoms with van der Waals surface area (Å²) in [7, 11) is 0. The zero-order valence-corrected chi connectivity index (χ0v) is 12.2. The molecule has 0 amide bonds. The van der Waals surface area contributed by atoms with Gasteiger partial charge in [0, 0.05) is 0 Å². The number of aryl methyl sites for hydroxylation is 2. The van der Waals surface area contributed by atoms with Crippen LogP contribution in [0.2, 0.25) is 0 Å². The molecule has 0 aromatic carbocycles. The number of hydrogen-bond donors (Lipinski definition) is 2. The number of rotatable bonds is 8. The lowest BCUT2D eigenvalue weighted by Crippen LogP contribution is -2.40. The Bertz CT molecular complexity index is 440. The summed E-state index contributed by atoms with van der Waals surface area (Å²) in [5.74, 6) is 2.56. The SMILES string of the molecule is CCCC[n+]1cc[nH]c1Cc1[nH]cc[n+]1CCCC. The molecule has 2 rings (SSSR count). The molecule has 2 N–H and O–H groups in total. The molecule has 0 spiro atoms. The Morgan fingerprint density at radius 2 is 1.32 bits per heavy atom. The highest BCUT2D eigenvalue weighted by Gasteiger charge is 2.18. The third-order valence-corrected chi connectivity index (χ3v) is 3.54. The normalized spacial score (nSPS) is 11.1. The second-order valence-electron chi connectivity index (χ2n) is 5.08. The molecule has 0 unspecified atom stereocenters. The van der Waals surface area contributed by atoms with E-state index in [1.54, 1.807) is 0 Å². The number of H-pyrrole nitrogens is 2. The number of nitrogens with one attached hydrogen (secondary N) is 2. The van der Waals surface area contributed by atoms with Crippen LogP contribution in [0.1, 0.15) is 51.2 Å². The number of unbranched alkanes of at least 4 members (excludes halogenated alkanes) is 2. The standard InChI is InChI=1S/C15H24N4/c1-3-5-9-18-11-7-16-14(18)13-15-17-8-12-19(15)10-6-4-2/h7-8,11-12H,3-6,9-10,13H2,1-2H3/p+2. The van der Waals surface area contributed by atoms with Gasteiger partial charge in [0.05, 0.1) is 13.1 Å². The molecule has 0 aliphatic heterocycles. The van der Waals surface area contributed by atoms with Crippen LogP contribution in [0.3, 0.4) is 0 Å². The highest BCUT2D eigenvalue weighted by atomic mass is 15.1. The van der Waals surface area contributed by atoms with Gasteiger partial charge in [-0.25, -0.2) is 19.1 Å². The molecular formula is C15H26N4+2. The maximum absolute atomic E-state index is 3.37. The maximum Gasteiger partial charge on any atom is 0.266 e. The quantitative estimate of drug-likeness (QED) is 0.684. The van der Waals surface area contributed by atoms with Gasteiger partial charge in [-0.3, -0.25) is 0 Å². The van der Waals surface area contributed by atoms with Crippen molar-refractivity contribution in [2.45, 2.75) is 59.0 Å². The van der Waals surface area contributed by atoms with Crippen LogP contribution in [0.4, 0.5) is 0 Å². The van der Waals surface area contributed by atoms with Crippen molar-refractivity contribution in [2.75, 3.05) is 0 Å². The molecule has 4 nitrogen and oxygen atoms in total. The van der Waals surface area contributed by atoms with E-state index < -0.39 is 0 Å². The minimum atomic E-state index is 0.938. The van der Waals surface area contributed by atoms with Gasteiger partial charge in [-0.2, -0.15) is 0 Å². The number of aromatic nitrogens is 4. The summed E-state index contributed by atoms with van der Waals surface area (Å²) in [6.07, 6.45) is 14.2. The highest BCUT2D eigenvalue weighted by Crippen LogP contribution is 1.99.